The Kier molecular flexibility index (Phi) is 6.71. The van der Waals surface area contributed by atoms with Crippen LogP contribution in [0.25, 0.3) is 5.76 Å². The maximum absolute atomic E-state index is 13.3. The number of methoxy groups -OCH3 is 1. The van der Waals surface area contributed by atoms with Crippen LogP contribution in [0.3, 0.4) is 0 Å². The van der Waals surface area contributed by atoms with Crippen LogP contribution in [0.2, 0.25) is 5.02 Å². The molecule has 1 heterocycles. The molecule has 1 amide bonds. The number of benzene rings is 3. The molecule has 180 valence electrons. The number of nitrogens with zero attached hydrogens (tertiary/aromatic N) is 1. The SMILES string of the molecule is CCOc1cc(C2/C(=C(\O)c3ccc(OC)cc3)C(=O)C(=O)N2c2ccc(C)c(Cl)c2)ccc1O. The molecule has 1 unspecified atom stereocenters. The zero-order valence-electron chi connectivity index (χ0n) is 19.4. The minimum absolute atomic E-state index is 0.0823. The number of halogens is 1. The van der Waals surface area contributed by atoms with Gasteiger partial charge in [0.1, 0.15) is 11.5 Å². The van der Waals surface area contributed by atoms with Crippen molar-refractivity contribution >= 4 is 34.7 Å². The summed E-state index contributed by atoms with van der Waals surface area (Å²) in [6.07, 6.45) is 0. The van der Waals surface area contributed by atoms with Gasteiger partial charge in [0.25, 0.3) is 11.7 Å². The van der Waals surface area contributed by atoms with Crippen LogP contribution < -0.4 is 14.4 Å². The van der Waals surface area contributed by atoms with Gasteiger partial charge in [-0.1, -0.05) is 23.7 Å². The maximum Gasteiger partial charge on any atom is 0.300 e. The molecule has 2 N–H and O–H groups in total. The first-order valence-corrected chi connectivity index (χ1v) is 11.3. The number of carbonyl (C=O) groups excluding carboxylic acids is 2. The number of aryl methyl sites for hydroxylation is 1. The average Bonchev–Trinajstić information content (AvgIpc) is 3.12. The summed E-state index contributed by atoms with van der Waals surface area (Å²) in [5, 5.41) is 21.9. The number of hydrogen-bond donors (Lipinski definition) is 2. The maximum atomic E-state index is 13.3. The Morgan fingerprint density at radius 3 is 2.40 bits per heavy atom. The van der Waals surface area contributed by atoms with Crippen LogP contribution in [0.5, 0.6) is 17.2 Å². The number of aliphatic hydroxyl groups is 1. The Morgan fingerprint density at radius 2 is 1.77 bits per heavy atom. The molecule has 0 saturated carbocycles. The predicted octanol–water partition coefficient (Wildman–Crippen LogP) is 5.39. The second kappa shape index (κ2) is 9.72. The van der Waals surface area contributed by atoms with Gasteiger partial charge in [0.05, 0.1) is 25.3 Å². The summed E-state index contributed by atoms with van der Waals surface area (Å²) in [5.74, 6) is -1.29. The molecule has 1 atom stereocenters. The normalized spacial score (nSPS) is 17.0. The number of aliphatic hydroxyl groups excluding tert-OH is 1. The lowest BCUT2D eigenvalue weighted by Crippen LogP contribution is -2.29. The first kappa shape index (κ1) is 24.2. The summed E-state index contributed by atoms with van der Waals surface area (Å²) in [7, 11) is 1.52. The van der Waals surface area contributed by atoms with Gasteiger partial charge in [0, 0.05) is 16.3 Å². The molecule has 4 rings (SSSR count). The molecule has 0 aliphatic carbocycles. The van der Waals surface area contributed by atoms with Gasteiger partial charge in [-0.25, -0.2) is 0 Å². The van der Waals surface area contributed by atoms with Crippen LogP contribution >= 0.6 is 11.6 Å². The highest BCUT2D eigenvalue weighted by molar-refractivity contribution is 6.51. The first-order valence-electron chi connectivity index (χ1n) is 10.9. The molecule has 1 saturated heterocycles. The van der Waals surface area contributed by atoms with Crippen molar-refractivity contribution in [2.24, 2.45) is 0 Å². The molecule has 1 aliphatic heterocycles. The summed E-state index contributed by atoms with van der Waals surface area (Å²) in [4.78, 5) is 27.9. The number of ether oxygens (including phenoxy) is 2. The zero-order valence-corrected chi connectivity index (χ0v) is 20.2. The number of amides is 1. The summed E-state index contributed by atoms with van der Waals surface area (Å²) in [5.41, 5.74) is 1.93. The molecule has 0 radical (unpaired) electrons. The van der Waals surface area contributed by atoms with Crippen LogP contribution in [0.1, 0.15) is 29.7 Å². The number of phenols is 1. The van der Waals surface area contributed by atoms with E-state index in [-0.39, 0.29) is 22.8 Å². The minimum atomic E-state index is -0.990. The Morgan fingerprint density at radius 1 is 1.06 bits per heavy atom. The van der Waals surface area contributed by atoms with Crippen LogP contribution in [0.4, 0.5) is 5.69 Å². The number of rotatable bonds is 6. The van der Waals surface area contributed by atoms with Crippen molar-refractivity contribution in [1.29, 1.82) is 0 Å². The molecular weight excluding hydrogens is 470 g/mol. The second-order valence-electron chi connectivity index (χ2n) is 7.99. The molecule has 0 bridgehead atoms. The van der Waals surface area contributed by atoms with Crippen LogP contribution in [-0.2, 0) is 9.59 Å². The summed E-state index contributed by atoms with van der Waals surface area (Å²) < 4.78 is 10.7. The molecule has 35 heavy (non-hydrogen) atoms. The van der Waals surface area contributed by atoms with Crippen molar-refractivity contribution in [1.82, 2.24) is 0 Å². The van der Waals surface area contributed by atoms with E-state index in [0.717, 1.165) is 5.56 Å². The Bertz CT molecular complexity index is 1330. The van der Waals surface area contributed by atoms with Crippen molar-refractivity contribution in [3.63, 3.8) is 0 Å². The van der Waals surface area contributed by atoms with E-state index in [1.54, 1.807) is 61.5 Å². The Labute approximate surface area is 207 Å². The molecule has 3 aromatic carbocycles. The van der Waals surface area contributed by atoms with E-state index >= 15 is 0 Å². The number of aromatic hydroxyl groups is 1. The molecule has 8 heteroatoms. The van der Waals surface area contributed by atoms with Gasteiger partial charge >= 0.3 is 0 Å². The van der Waals surface area contributed by atoms with Crippen molar-refractivity contribution in [3.8, 4) is 17.2 Å². The predicted molar refractivity (Wildman–Crippen MR) is 133 cm³/mol. The first-order chi connectivity index (χ1) is 16.8. The molecule has 3 aromatic rings. The third-order valence-electron chi connectivity index (χ3n) is 5.84. The monoisotopic (exact) mass is 493 g/mol. The lowest BCUT2D eigenvalue weighted by molar-refractivity contribution is -0.132. The largest absolute Gasteiger partial charge is 0.507 e. The second-order valence-corrected chi connectivity index (χ2v) is 8.40. The number of carbonyl (C=O) groups is 2. The Balaban J connectivity index is 1.95. The van der Waals surface area contributed by atoms with Crippen LogP contribution in [0.15, 0.2) is 66.2 Å². The van der Waals surface area contributed by atoms with E-state index in [9.17, 15) is 19.8 Å². The highest BCUT2D eigenvalue weighted by Gasteiger charge is 2.47. The van der Waals surface area contributed by atoms with E-state index in [1.807, 2.05) is 6.92 Å². The van der Waals surface area contributed by atoms with E-state index in [2.05, 4.69) is 0 Å². The fourth-order valence-corrected chi connectivity index (χ4v) is 4.20. The fourth-order valence-electron chi connectivity index (χ4n) is 4.02. The summed E-state index contributed by atoms with van der Waals surface area (Å²) >= 11 is 6.33. The molecular formula is C27H24ClNO6. The van der Waals surface area contributed by atoms with Gasteiger partial charge in [0.2, 0.25) is 0 Å². The zero-order chi connectivity index (χ0) is 25.3. The fraction of sp³-hybridized carbons (Fsp3) is 0.185. The highest BCUT2D eigenvalue weighted by Crippen LogP contribution is 2.44. The molecule has 7 nitrogen and oxygen atoms in total. The van der Waals surface area contributed by atoms with E-state index in [4.69, 9.17) is 21.1 Å². The summed E-state index contributed by atoms with van der Waals surface area (Å²) in [6, 6.07) is 15.1. The molecule has 1 aliphatic rings. The van der Waals surface area contributed by atoms with E-state index in [0.29, 0.717) is 34.2 Å². The lowest BCUT2D eigenvalue weighted by atomic mass is 9.94. The van der Waals surface area contributed by atoms with Gasteiger partial charge < -0.3 is 19.7 Å². The van der Waals surface area contributed by atoms with Crippen molar-refractivity contribution in [2.45, 2.75) is 19.9 Å². The quantitative estimate of drug-likeness (QED) is 0.271. The van der Waals surface area contributed by atoms with E-state index in [1.165, 1.54) is 18.1 Å². The minimum Gasteiger partial charge on any atom is -0.507 e. The third kappa shape index (κ3) is 4.42. The van der Waals surface area contributed by atoms with Crippen molar-refractivity contribution < 1.29 is 29.3 Å². The number of Topliss-reactive ketones (excluding diaryl/α,β-unsaturated/α-hetero) is 1. The van der Waals surface area contributed by atoms with Crippen LogP contribution in [0, 0.1) is 6.92 Å². The van der Waals surface area contributed by atoms with Crippen LogP contribution in [-0.4, -0.2) is 35.6 Å². The van der Waals surface area contributed by atoms with E-state index < -0.39 is 17.7 Å². The lowest BCUT2D eigenvalue weighted by Gasteiger charge is -2.26. The topological polar surface area (TPSA) is 96.3 Å². The standard InChI is InChI=1S/C27H24ClNO6/c1-4-35-22-13-17(8-12-21(22)30)24-23(25(31)16-6-10-19(34-3)11-7-16)26(32)27(33)29(24)18-9-5-15(2)20(28)14-18/h5-14,24,30-31H,4H2,1-3H3/b25-23+. The van der Waals surface area contributed by atoms with Gasteiger partial charge in [-0.3, -0.25) is 14.5 Å². The third-order valence-corrected chi connectivity index (χ3v) is 6.25. The number of ketones is 1. The van der Waals surface area contributed by atoms with Crippen molar-refractivity contribution in [2.75, 3.05) is 18.6 Å². The molecule has 1 fully saturated rings. The highest BCUT2D eigenvalue weighted by atomic mass is 35.5. The van der Waals surface area contributed by atoms with Gasteiger partial charge in [-0.15, -0.1) is 0 Å². The Hall–Kier alpha value is -3.97. The summed E-state index contributed by atoms with van der Waals surface area (Å²) in [6.45, 7) is 3.91. The molecule has 0 aromatic heterocycles. The van der Waals surface area contributed by atoms with Gasteiger partial charge in [-0.05, 0) is 73.5 Å². The number of anilines is 1. The number of hydrogen-bond acceptors (Lipinski definition) is 6. The van der Waals surface area contributed by atoms with Crippen molar-refractivity contribution in [3.05, 3.63) is 87.9 Å². The number of phenolic OH excluding ortho intramolecular Hbond substituents is 1. The van der Waals surface area contributed by atoms with Gasteiger partial charge in [0.15, 0.2) is 11.5 Å². The van der Waals surface area contributed by atoms with Gasteiger partial charge in [-0.2, -0.15) is 0 Å². The average molecular weight is 494 g/mol. The molecule has 0 spiro atoms. The smallest absolute Gasteiger partial charge is 0.300 e.